The number of amides is 2. The van der Waals surface area contributed by atoms with Crippen LogP contribution in [0.25, 0.3) is 0 Å². The van der Waals surface area contributed by atoms with Gasteiger partial charge in [-0.05, 0) is 51.0 Å². The Morgan fingerprint density at radius 2 is 1.92 bits per heavy atom. The number of aryl methyl sites for hydroxylation is 1. The van der Waals surface area contributed by atoms with Crippen LogP contribution >= 0.6 is 0 Å². The Balaban J connectivity index is 1.56. The molecule has 0 spiro atoms. The van der Waals surface area contributed by atoms with E-state index in [2.05, 4.69) is 20.5 Å². The summed E-state index contributed by atoms with van der Waals surface area (Å²) < 4.78 is 0. The van der Waals surface area contributed by atoms with Gasteiger partial charge in [-0.15, -0.1) is 0 Å². The van der Waals surface area contributed by atoms with Crippen molar-refractivity contribution in [2.45, 2.75) is 32.7 Å². The minimum absolute atomic E-state index is 0.265. The lowest BCUT2D eigenvalue weighted by molar-refractivity contribution is -0.117. The molecule has 1 atom stereocenters. The van der Waals surface area contributed by atoms with Gasteiger partial charge in [0.2, 0.25) is 5.91 Å². The van der Waals surface area contributed by atoms with Crippen LogP contribution in [0.2, 0.25) is 0 Å². The first-order chi connectivity index (χ1) is 12.5. The van der Waals surface area contributed by atoms with Gasteiger partial charge < -0.3 is 15.5 Å². The third-order valence-corrected chi connectivity index (χ3v) is 4.47. The van der Waals surface area contributed by atoms with Crippen molar-refractivity contribution in [1.29, 1.82) is 0 Å². The Morgan fingerprint density at radius 3 is 2.58 bits per heavy atom. The highest BCUT2D eigenvalue weighted by Gasteiger charge is 2.18. The third kappa shape index (κ3) is 4.39. The number of pyridine rings is 1. The summed E-state index contributed by atoms with van der Waals surface area (Å²) in [6.45, 7) is 5.64. The van der Waals surface area contributed by atoms with Gasteiger partial charge in [0.05, 0.1) is 11.9 Å². The molecule has 2 N–H and O–H groups in total. The van der Waals surface area contributed by atoms with Gasteiger partial charge in [-0.1, -0.05) is 17.7 Å². The maximum absolute atomic E-state index is 12.3. The molecule has 6 heteroatoms. The summed E-state index contributed by atoms with van der Waals surface area (Å²) in [4.78, 5) is 31.2. The van der Waals surface area contributed by atoms with Gasteiger partial charge in [0, 0.05) is 18.7 Å². The van der Waals surface area contributed by atoms with Crippen molar-refractivity contribution < 1.29 is 9.59 Å². The number of anilines is 2. The Bertz CT molecular complexity index is 783. The second kappa shape index (κ2) is 7.99. The van der Waals surface area contributed by atoms with Crippen molar-refractivity contribution in [1.82, 2.24) is 10.3 Å². The molecule has 2 amide bonds. The van der Waals surface area contributed by atoms with E-state index in [-0.39, 0.29) is 11.8 Å². The molecule has 0 aliphatic carbocycles. The topological polar surface area (TPSA) is 74.3 Å². The standard InChI is InChI=1S/C20H24N4O2/c1-14-6-5-7-16(12-14)20(26)22-15(2)19(25)23-17-8-9-18(21-13-17)24-10-3-4-11-24/h5-9,12-13,15H,3-4,10-11H2,1-2H3,(H,22,26)(H,23,25)/t15-/m1/s1. The molecule has 2 aromatic rings. The average molecular weight is 352 g/mol. The van der Waals surface area contributed by atoms with Crippen molar-refractivity contribution >= 4 is 23.3 Å². The van der Waals surface area contributed by atoms with E-state index in [4.69, 9.17) is 0 Å². The van der Waals surface area contributed by atoms with Gasteiger partial charge in [0.25, 0.3) is 5.91 Å². The predicted molar refractivity (Wildman–Crippen MR) is 102 cm³/mol. The maximum atomic E-state index is 12.3. The molecule has 136 valence electrons. The first-order valence-corrected chi connectivity index (χ1v) is 8.92. The summed E-state index contributed by atoms with van der Waals surface area (Å²) in [5, 5.41) is 5.51. The Hall–Kier alpha value is -2.89. The summed E-state index contributed by atoms with van der Waals surface area (Å²) >= 11 is 0. The van der Waals surface area contributed by atoms with Crippen LogP contribution in [0.3, 0.4) is 0 Å². The Labute approximate surface area is 153 Å². The van der Waals surface area contributed by atoms with Gasteiger partial charge in [-0.25, -0.2) is 4.98 Å². The maximum Gasteiger partial charge on any atom is 0.251 e. The monoisotopic (exact) mass is 352 g/mol. The summed E-state index contributed by atoms with van der Waals surface area (Å²) in [6, 6.07) is 10.4. The Kier molecular flexibility index (Phi) is 5.51. The van der Waals surface area contributed by atoms with Gasteiger partial charge >= 0.3 is 0 Å². The van der Waals surface area contributed by atoms with Crippen LogP contribution in [0, 0.1) is 6.92 Å². The zero-order valence-electron chi connectivity index (χ0n) is 15.2. The van der Waals surface area contributed by atoms with Crippen molar-refractivity contribution in [3.63, 3.8) is 0 Å². The molecule has 0 radical (unpaired) electrons. The van der Waals surface area contributed by atoms with Gasteiger partial charge in [0.15, 0.2) is 0 Å². The number of hydrogen-bond acceptors (Lipinski definition) is 4. The second-order valence-corrected chi connectivity index (χ2v) is 6.65. The fourth-order valence-corrected chi connectivity index (χ4v) is 2.98. The molecule has 3 rings (SSSR count). The van der Waals surface area contributed by atoms with E-state index in [0.29, 0.717) is 11.3 Å². The van der Waals surface area contributed by atoms with Crippen LogP contribution in [0.1, 0.15) is 35.7 Å². The second-order valence-electron chi connectivity index (χ2n) is 6.65. The molecule has 26 heavy (non-hydrogen) atoms. The van der Waals surface area contributed by atoms with E-state index in [9.17, 15) is 9.59 Å². The molecule has 0 bridgehead atoms. The molecule has 0 saturated carbocycles. The highest BCUT2D eigenvalue weighted by molar-refractivity contribution is 6.01. The highest BCUT2D eigenvalue weighted by Crippen LogP contribution is 2.19. The molecule has 1 aliphatic heterocycles. The van der Waals surface area contributed by atoms with Crippen molar-refractivity contribution in [3.05, 3.63) is 53.7 Å². The lowest BCUT2D eigenvalue weighted by Crippen LogP contribution is -2.41. The SMILES string of the molecule is Cc1cccc(C(=O)N[C@H](C)C(=O)Nc2ccc(N3CCCC3)nc2)c1. The number of carbonyl (C=O) groups excluding carboxylic acids is 2. The number of nitrogens with one attached hydrogen (secondary N) is 2. The predicted octanol–water partition coefficient (Wildman–Crippen LogP) is 2.75. The smallest absolute Gasteiger partial charge is 0.251 e. The summed E-state index contributed by atoms with van der Waals surface area (Å²) in [7, 11) is 0. The van der Waals surface area contributed by atoms with Crippen molar-refractivity contribution in [2.75, 3.05) is 23.3 Å². The van der Waals surface area contributed by atoms with Crippen LogP contribution in [-0.4, -0.2) is 35.9 Å². The summed E-state index contributed by atoms with van der Waals surface area (Å²) in [5.74, 6) is 0.391. The average Bonchev–Trinajstić information content (AvgIpc) is 3.17. The molecular weight excluding hydrogens is 328 g/mol. The molecule has 0 unspecified atom stereocenters. The molecule has 1 saturated heterocycles. The lowest BCUT2D eigenvalue weighted by Gasteiger charge is -2.17. The van der Waals surface area contributed by atoms with Crippen LogP contribution in [0.15, 0.2) is 42.6 Å². The van der Waals surface area contributed by atoms with E-state index in [1.54, 1.807) is 25.3 Å². The molecule has 1 aliphatic rings. The number of carbonyl (C=O) groups is 2. The molecule has 1 aromatic carbocycles. The van der Waals surface area contributed by atoms with Crippen LogP contribution in [0.5, 0.6) is 0 Å². The van der Waals surface area contributed by atoms with Gasteiger partial charge in [0.1, 0.15) is 11.9 Å². The summed E-state index contributed by atoms with van der Waals surface area (Å²) in [6.07, 6.45) is 4.04. The fraction of sp³-hybridized carbons (Fsp3) is 0.350. The van der Waals surface area contributed by atoms with E-state index < -0.39 is 6.04 Å². The number of rotatable bonds is 5. The molecule has 6 nitrogen and oxygen atoms in total. The normalized spacial score (nSPS) is 14.8. The molecule has 1 fully saturated rings. The molecular formula is C20H24N4O2. The summed E-state index contributed by atoms with van der Waals surface area (Å²) in [5.41, 5.74) is 2.16. The number of benzene rings is 1. The van der Waals surface area contributed by atoms with Gasteiger partial charge in [-0.2, -0.15) is 0 Å². The fourth-order valence-electron chi connectivity index (χ4n) is 2.98. The molecule has 2 heterocycles. The first kappa shape index (κ1) is 17.9. The zero-order valence-corrected chi connectivity index (χ0v) is 15.2. The number of aromatic nitrogens is 1. The van der Waals surface area contributed by atoms with Crippen LogP contribution < -0.4 is 15.5 Å². The quantitative estimate of drug-likeness (QED) is 0.868. The Morgan fingerprint density at radius 1 is 1.15 bits per heavy atom. The number of hydrogen-bond donors (Lipinski definition) is 2. The molecule has 1 aromatic heterocycles. The van der Waals surface area contributed by atoms with E-state index in [0.717, 1.165) is 24.5 Å². The lowest BCUT2D eigenvalue weighted by atomic mass is 10.1. The minimum Gasteiger partial charge on any atom is -0.357 e. The number of nitrogens with zero attached hydrogens (tertiary/aromatic N) is 2. The van der Waals surface area contributed by atoms with Crippen molar-refractivity contribution in [3.8, 4) is 0 Å². The van der Waals surface area contributed by atoms with Crippen LogP contribution in [-0.2, 0) is 4.79 Å². The third-order valence-electron chi connectivity index (χ3n) is 4.47. The zero-order chi connectivity index (χ0) is 18.5. The van der Waals surface area contributed by atoms with E-state index >= 15 is 0 Å². The first-order valence-electron chi connectivity index (χ1n) is 8.92. The van der Waals surface area contributed by atoms with Crippen molar-refractivity contribution in [2.24, 2.45) is 0 Å². The minimum atomic E-state index is -0.652. The van der Waals surface area contributed by atoms with Gasteiger partial charge in [-0.3, -0.25) is 9.59 Å². The van der Waals surface area contributed by atoms with Crippen LogP contribution in [0.4, 0.5) is 11.5 Å². The highest BCUT2D eigenvalue weighted by atomic mass is 16.2. The largest absolute Gasteiger partial charge is 0.357 e. The van der Waals surface area contributed by atoms with E-state index in [1.165, 1.54) is 12.8 Å². The van der Waals surface area contributed by atoms with E-state index in [1.807, 2.05) is 31.2 Å².